The third-order valence-corrected chi connectivity index (χ3v) is 5.99. The Balaban J connectivity index is 1.78. The lowest BCUT2D eigenvalue weighted by molar-refractivity contribution is 0.0696. The molecule has 2 N–H and O–H groups in total. The van der Waals surface area contributed by atoms with Gasteiger partial charge in [0.25, 0.3) is 5.91 Å². The second-order valence-corrected chi connectivity index (χ2v) is 7.82. The summed E-state index contributed by atoms with van der Waals surface area (Å²) in [4.78, 5) is 23.3. The van der Waals surface area contributed by atoms with Crippen LogP contribution in [-0.2, 0) is 14.8 Å². The van der Waals surface area contributed by atoms with Gasteiger partial charge in [-0.25, -0.2) is 13.2 Å². The zero-order valence-corrected chi connectivity index (χ0v) is 15.1. The summed E-state index contributed by atoms with van der Waals surface area (Å²) in [6.07, 6.45) is 0. The van der Waals surface area contributed by atoms with Crippen molar-refractivity contribution in [2.24, 2.45) is 0 Å². The molecule has 27 heavy (non-hydrogen) atoms. The predicted octanol–water partition coefficient (Wildman–Crippen LogP) is 1.66. The van der Waals surface area contributed by atoms with E-state index < -0.39 is 21.9 Å². The molecule has 2 aromatic rings. The molecular weight excluding hydrogens is 372 g/mol. The van der Waals surface area contributed by atoms with Crippen molar-refractivity contribution in [1.82, 2.24) is 4.31 Å². The fourth-order valence-corrected chi connectivity index (χ4v) is 4.09. The second-order valence-electron chi connectivity index (χ2n) is 5.88. The molecule has 0 spiro atoms. The fourth-order valence-electron chi connectivity index (χ4n) is 2.63. The van der Waals surface area contributed by atoms with E-state index >= 15 is 0 Å². The normalized spacial score (nSPS) is 15.3. The average molecular weight is 390 g/mol. The highest BCUT2D eigenvalue weighted by Crippen LogP contribution is 2.19. The first kappa shape index (κ1) is 19.0. The van der Waals surface area contributed by atoms with Crippen LogP contribution in [0, 0.1) is 0 Å². The van der Waals surface area contributed by atoms with Gasteiger partial charge < -0.3 is 15.2 Å². The third kappa shape index (κ3) is 4.33. The lowest BCUT2D eigenvalue weighted by Crippen LogP contribution is -2.40. The Morgan fingerprint density at radius 3 is 2.30 bits per heavy atom. The van der Waals surface area contributed by atoms with Crippen LogP contribution < -0.4 is 5.32 Å². The quantitative estimate of drug-likeness (QED) is 0.803. The van der Waals surface area contributed by atoms with Crippen molar-refractivity contribution in [3.63, 3.8) is 0 Å². The molecule has 1 aliphatic heterocycles. The summed E-state index contributed by atoms with van der Waals surface area (Å²) < 4.78 is 31.9. The van der Waals surface area contributed by atoms with Crippen LogP contribution in [0.1, 0.15) is 20.7 Å². The number of carboxylic acid groups (broad SMARTS) is 1. The van der Waals surface area contributed by atoms with Crippen molar-refractivity contribution < 1.29 is 27.9 Å². The summed E-state index contributed by atoms with van der Waals surface area (Å²) in [5.41, 5.74) is 0.699. The van der Waals surface area contributed by atoms with Crippen LogP contribution in [-0.4, -0.2) is 56.0 Å². The van der Waals surface area contributed by atoms with Crippen molar-refractivity contribution in [3.8, 4) is 0 Å². The molecule has 9 heteroatoms. The maximum absolute atomic E-state index is 12.7. The molecule has 0 unspecified atom stereocenters. The van der Waals surface area contributed by atoms with Crippen LogP contribution >= 0.6 is 0 Å². The van der Waals surface area contributed by atoms with E-state index in [0.29, 0.717) is 18.9 Å². The summed E-state index contributed by atoms with van der Waals surface area (Å²) in [6.45, 7) is 1.22. The minimum atomic E-state index is -3.70. The smallest absolute Gasteiger partial charge is 0.335 e. The number of anilines is 1. The summed E-state index contributed by atoms with van der Waals surface area (Å²) in [5, 5.41) is 11.5. The molecule has 8 nitrogen and oxygen atoms in total. The van der Waals surface area contributed by atoms with E-state index in [0.717, 1.165) is 0 Å². The number of aromatic carboxylic acids is 1. The first-order chi connectivity index (χ1) is 12.9. The predicted molar refractivity (Wildman–Crippen MR) is 97.4 cm³/mol. The maximum atomic E-state index is 12.7. The number of nitrogens with one attached hydrogen (secondary N) is 1. The molecule has 0 radical (unpaired) electrons. The van der Waals surface area contributed by atoms with Gasteiger partial charge in [-0.2, -0.15) is 4.31 Å². The number of sulfonamides is 1. The molecule has 142 valence electrons. The first-order valence-electron chi connectivity index (χ1n) is 8.20. The molecule has 0 bridgehead atoms. The van der Waals surface area contributed by atoms with Gasteiger partial charge in [0.2, 0.25) is 10.0 Å². The largest absolute Gasteiger partial charge is 0.478 e. The molecule has 3 rings (SSSR count). The Morgan fingerprint density at radius 1 is 1.00 bits per heavy atom. The fraction of sp³-hybridized carbons (Fsp3) is 0.222. The van der Waals surface area contributed by atoms with Gasteiger partial charge >= 0.3 is 5.97 Å². The number of rotatable bonds is 5. The molecule has 1 fully saturated rings. The highest BCUT2D eigenvalue weighted by molar-refractivity contribution is 7.89. The SMILES string of the molecule is O=C(O)c1ccc(NC(=O)c2cccc(S(=O)(=O)N3CCOCC3)c2)cc1. The second kappa shape index (κ2) is 7.87. The van der Waals surface area contributed by atoms with Gasteiger partial charge in [0.05, 0.1) is 23.7 Å². The van der Waals surface area contributed by atoms with Crippen LogP contribution in [0.25, 0.3) is 0 Å². The van der Waals surface area contributed by atoms with Crippen LogP contribution in [0.2, 0.25) is 0 Å². The van der Waals surface area contributed by atoms with Gasteiger partial charge in [-0.3, -0.25) is 4.79 Å². The average Bonchev–Trinajstić information content (AvgIpc) is 2.69. The molecule has 1 saturated heterocycles. The molecule has 0 saturated carbocycles. The number of hydrogen-bond acceptors (Lipinski definition) is 5. The molecule has 0 aromatic heterocycles. The number of nitrogens with zero attached hydrogens (tertiary/aromatic N) is 1. The lowest BCUT2D eigenvalue weighted by atomic mass is 10.2. The Kier molecular flexibility index (Phi) is 5.54. The van der Waals surface area contributed by atoms with Gasteiger partial charge in [0, 0.05) is 24.3 Å². The van der Waals surface area contributed by atoms with Crippen molar-refractivity contribution in [2.75, 3.05) is 31.6 Å². The minimum absolute atomic E-state index is 0.0401. The topological polar surface area (TPSA) is 113 Å². The molecule has 1 heterocycles. The highest BCUT2D eigenvalue weighted by Gasteiger charge is 2.26. The van der Waals surface area contributed by atoms with Crippen LogP contribution in [0.5, 0.6) is 0 Å². The van der Waals surface area contributed by atoms with Crippen molar-refractivity contribution >= 4 is 27.6 Å². The van der Waals surface area contributed by atoms with Gasteiger partial charge in [-0.1, -0.05) is 6.07 Å². The van der Waals surface area contributed by atoms with E-state index in [2.05, 4.69) is 5.32 Å². The highest BCUT2D eigenvalue weighted by atomic mass is 32.2. The number of carboxylic acids is 1. The van der Waals surface area contributed by atoms with Crippen LogP contribution in [0.4, 0.5) is 5.69 Å². The van der Waals surface area contributed by atoms with Crippen molar-refractivity contribution in [1.29, 1.82) is 0 Å². The standard InChI is InChI=1S/C18H18N2O6S/c21-17(19-15-6-4-13(5-7-15)18(22)23)14-2-1-3-16(12-14)27(24,25)20-8-10-26-11-9-20/h1-7,12H,8-11H2,(H,19,21)(H,22,23). The minimum Gasteiger partial charge on any atom is -0.478 e. The molecule has 0 atom stereocenters. The number of amides is 1. The van der Waals surface area contributed by atoms with E-state index in [-0.39, 0.29) is 29.1 Å². The van der Waals surface area contributed by atoms with Gasteiger partial charge in [-0.15, -0.1) is 0 Å². The number of carbonyl (C=O) groups excluding carboxylic acids is 1. The van der Waals surface area contributed by atoms with E-state index in [4.69, 9.17) is 9.84 Å². The van der Waals surface area contributed by atoms with E-state index in [1.807, 2.05) is 0 Å². The van der Waals surface area contributed by atoms with Crippen molar-refractivity contribution in [2.45, 2.75) is 4.90 Å². The zero-order valence-electron chi connectivity index (χ0n) is 14.3. The molecule has 1 aliphatic rings. The molecule has 0 aliphatic carbocycles. The Morgan fingerprint density at radius 2 is 1.67 bits per heavy atom. The van der Waals surface area contributed by atoms with Gasteiger partial charge in [0.15, 0.2) is 0 Å². The van der Waals surface area contributed by atoms with Crippen LogP contribution in [0.3, 0.4) is 0 Å². The number of benzene rings is 2. The summed E-state index contributed by atoms with van der Waals surface area (Å²) in [7, 11) is -3.70. The summed E-state index contributed by atoms with van der Waals surface area (Å²) >= 11 is 0. The Labute approximate surface area is 156 Å². The Hall–Kier alpha value is -2.75. The van der Waals surface area contributed by atoms with Gasteiger partial charge in [0.1, 0.15) is 0 Å². The van der Waals surface area contributed by atoms with E-state index in [1.165, 1.54) is 52.8 Å². The zero-order chi connectivity index (χ0) is 19.4. The lowest BCUT2D eigenvalue weighted by Gasteiger charge is -2.26. The first-order valence-corrected chi connectivity index (χ1v) is 9.64. The number of morpholine rings is 1. The monoisotopic (exact) mass is 390 g/mol. The molecule has 1 amide bonds. The van der Waals surface area contributed by atoms with Crippen LogP contribution in [0.15, 0.2) is 53.4 Å². The maximum Gasteiger partial charge on any atom is 0.335 e. The number of hydrogen-bond donors (Lipinski definition) is 2. The number of ether oxygens (including phenoxy) is 1. The molecular formula is C18H18N2O6S. The van der Waals surface area contributed by atoms with Gasteiger partial charge in [-0.05, 0) is 42.5 Å². The Bertz CT molecular complexity index is 950. The summed E-state index contributed by atoms with van der Waals surface area (Å²) in [6, 6.07) is 11.5. The third-order valence-electron chi connectivity index (χ3n) is 4.09. The molecule has 2 aromatic carbocycles. The van der Waals surface area contributed by atoms with E-state index in [9.17, 15) is 18.0 Å². The number of carbonyl (C=O) groups is 2. The van der Waals surface area contributed by atoms with E-state index in [1.54, 1.807) is 0 Å². The van der Waals surface area contributed by atoms with Crippen molar-refractivity contribution in [3.05, 3.63) is 59.7 Å². The summed E-state index contributed by atoms with van der Waals surface area (Å²) in [5.74, 6) is -1.55.